The van der Waals surface area contributed by atoms with E-state index < -0.39 is 97.5 Å². The second kappa shape index (κ2) is 66.3. The van der Waals surface area contributed by atoms with E-state index >= 15 is 0 Å². The molecule has 0 aromatic heterocycles. The number of carbonyl (C=O) groups excluding carboxylic acids is 4. The van der Waals surface area contributed by atoms with Crippen molar-refractivity contribution in [3.05, 3.63) is 0 Å². The molecule has 0 radical (unpaired) electrons. The molecule has 17 nitrogen and oxygen atoms in total. The largest absolute Gasteiger partial charge is 0.472 e. The van der Waals surface area contributed by atoms with Gasteiger partial charge in [0, 0.05) is 25.7 Å². The van der Waals surface area contributed by atoms with Crippen molar-refractivity contribution < 1.29 is 80.2 Å². The highest BCUT2D eigenvalue weighted by atomic mass is 31.2. The maximum atomic E-state index is 13.1. The van der Waals surface area contributed by atoms with Gasteiger partial charge < -0.3 is 33.8 Å². The molecule has 0 saturated carbocycles. The van der Waals surface area contributed by atoms with Crippen molar-refractivity contribution in [1.82, 2.24) is 0 Å². The maximum Gasteiger partial charge on any atom is 0.472 e. The van der Waals surface area contributed by atoms with Gasteiger partial charge >= 0.3 is 39.5 Å². The van der Waals surface area contributed by atoms with Crippen LogP contribution >= 0.6 is 15.6 Å². The van der Waals surface area contributed by atoms with Gasteiger partial charge in [0.2, 0.25) is 0 Å². The average Bonchev–Trinajstić information content (AvgIpc) is 1.94. The van der Waals surface area contributed by atoms with Crippen LogP contribution in [0.15, 0.2) is 0 Å². The van der Waals surface area contributed by atoms with Crippen molar-refractivity contribution in [3.63, 3.8) is 0 Å². The van der Waals surface area contributed by atoms with Crippen LogP contribution in [0, 0.1) is 23.7 Å². The molecule has 0 aromatic carbocycles. The molecule has 3 unspecified atom stereocenters. The van der Waals surface area contributed by atoms with Crippen molar-refractivity contribution in [1.29, 1.82) is 0 Å². The quantitative estimate of drug-likeness (QED) is 0.0222. The van der Waals surface area contributed by atoms with Crippen molar-refractivity contribution in [2.24, 2.45) is 23.7 Å². The lowest BCUT2D eigenvalue weighted by molar-refractivity contribution is -0.161. The zero-order chi connectivity index (χ0) is 71.0. The Hall–Kier alpha value is -1.94. The van der Waals surface area contributed by atoms with Gasteiger partial charge in [-0.15, -0.1) is 0 Å². The van der Waals surface area contributed by atoms with Gasteiger partial charge in [0.15, 0.2) is 12.2 Å². The van der Waals surface area contributed by atoms with Crippen LogP contribution in [0.1, 0.15) is 389 Å². The van der Waals surface area contributed by atoms with Crippen molar-refractivity contribution in [2.75, 3.05) is 39.6 Å². The molecule has 0 heterocycles. The number of hydrogen-bond donors (Lipinski definition) is 3. The molecule has 6 atom stereocenters. The molecule has 570 valence electrons. The molecular weight excluding hydrogens is 1260 g/mol. The lowest BCUT2D eigenvalue weighted by Crippen LogP contribution is -2.30. The van der Waals surface area contributed by atoms with Crippen LogP contribution in [0.4, 0.5) is 0 Å². The Bertz CT molecular complexity index is 1890. The molecular formula is C77H150O17P2. The van der Waals surface area contributed by atoms with Gasteiger partial charge in [-0.3, -0.25) is 37.3 Å². The smallest absolute Gasteiger partial charge is 0.462 e. The molecule has 0 aromatic rings. The first-order chi connectivity index (χ1) is 46.1. The third-order valence-corrected chi connectivity index (χ3v) is 20.1. The predicted molar refractivity (Wildman–Crippen MR) is 391 cm³/mol. The van der Waals surface area contributed by atoms with E-state index in [0.29, 0.717) is 25.7 Å². The molecule has 0 fully saturated rings. The summed E-state index contributed by atoms with van der Waals surface area (Å²) in [6.07, 6.45) is 51.5. The first kappa shape index (κ1) is 94.1. The monoisotopic (exact) mass is 1410 g/mol. The van der Waals surface area contributed by atoms with Crippen LogP contribution in [0.5, 0.6) is 0 Å². The molecule has 0 aliphatic heterocycles. The molecule has 0 spiro atoms. The minimum Gasteiger partial charge on any atom is -0.462 e. The molecule has 0 aliphatic rings. The number of rotatable bonds is 74. The Labute approximate surface area is 588 Å². The fourth-order valence-corrected chi connectivity index (χ4v) is 13.3. The third kappa shape index (κ3) is 69.2. The summed E-state index contributed by atoms with van der Waals surface area (Å²) in [6, 6.07) is 0. The first-order valence-corrected chi connectivity index (χ1v) is 42.7. The molecule has 96 heavy (non-hydrogen) atoms. The zero-order valence-electron chi connectivity index (χ0n) is 63.0. The highest BCUT2D eigenvalue weighted by molar-refractivity contribution is 7.47. The maximum absolute atomic E-state index is 13.1. The van der Waals surface area contributed by atoms with Gasteiger partial charge in [0.05, 0.1) is 26.4 Å². The highest BCUT2D eigenvalue weighted by Crippen LogP contribution is 2.45. The molecule has 19 heteroatoms. The summed E-state index contributed by atoms with van der Waals surface area (Å²) >= 11 is 0. The zero-order valence-corrected chi connectivity index (χ0v) is 64.8. The van der Waals surface area contributed by atoms with E-state index in [9.17, 15) is 43.2 Å². The second-order valence-electron chi connectivity index (χ2n) is 29.4. The fraction of sp³-hybridized carbons (Fsp3) is 0.948. The fourth-order valence-electron chi connectivity index (χ4n) is 11.7. The van der Waals surface area contributed by atoms with Crippen molar-refractivity contribution >= 4 is 39.5 Å². The van der Waals surface area contributed by atoms with Crippen LogP contribution < -0.4 is 0 Å². The lowest BCUT2D eigenvalue weighted by Gasteiger charge is -2.21. The normalized spacial score (nSPS) is 14.4. The molecule has 0 rings (SSSR count). The molecule has 0 amide bonds. The van der Waals surface area contributed by atoms with E-state index in [4.69, 9.17) is 37.0 Å². The summed E-state index contributed by atoms with van der Waals surface area (Å²) in [6.45, 7) is 14.2. The number of phosphoric acid groups is 2. The van der Waals surface area contributed by atoms with Gasteiger partial charge in [0.1, 0.15) is 19.3 Å². The molecule has 0 aliphatic carbocycles. The van der Waals surface area contributed by atoms with Crippen LogP contribution in [0.2, 0.25) is 0 Å². The SMILES string of the molecule is CCC(C)CCCCCCCCC(=O)OC[C@H](COP(=O)(O)OC[C@H](O)COP(=O)(O)OC[C@@H](COC(=O)CCCCCCCCCCCCCC(C)C)OC(=O)CCCCCCCCCCC(C)C)OC(=O)CCCCCCCCCCCCCCCCCCCCC(C)C. The van der Waals surface area contributed by atoms with Crippen LogP contribution in [0.25, 0.3) is 0 Å². The van der Waals surface area contributed by atoms with E-state index in [1.807, 2.05) is 0 Å². The Balaban J connectivity index is 5.18. The summed E-state index contributed by atoms with van der Waals surface area (Å²) < 4.78 is 68.5. The standard InChI is InChI=1S/C77H150O17P2/c1-9-70(8)56-48-40-35-36-42-50-58-75(80)88-64-73(93-76(81)59-51-43-33-26-21-17-15-13-11-10-12-14-16-19-23-29-37-45-53-67(2)3)66-92-96(85,86)90-62-71(78)61-89-95(83,84)91-65-72(94-77(82)60-52-44-34-28-27-31-39-47-55-69(6)7)63-87-74(79)57-49-41-32-25-22-18-20-24-30-38-46-54-68(4)5/h67-73,78H,9-66H2,1-8H3,(H,83,84)(H,85,86)/t70?,71-,72-,73-/m1/s1. The van der Waals surface area contributed by atoms with Gasteiger partial charge in [0.25, 0.3) is 0 Å². The Morgan fingerprint density at radius 3 is 0.740 bits per heavy atom. The van der Waals surface area contributed by atoms with E-state index in [-0.39, 0.29) is 25.7 Å². The van der Waals surface area contributed by atoms with E-state index in [1.165, 1.54) is 186 Å². The van der Waals surface area contributed by atoms with Gasteiger partial charge in [-0.2, -0.15) is 0 Å². The van der Waals surface area contributed by atoms with Crippen LogP contribution in [0.3, 0.4) is 0 Å². The van der Waals surface area contributed by atoms with E-state index in [1.54, 1.807) is 0 Å². The number of phosphoric ester groups is 2. The number of aliphatic hydroxyl groups is 1. The number of carbonyl (C=O) groups is 4. The number of unbranched alkanes of at least 4 members (excludes halogenated alkanes) is 39. The third-order valence-electron chi connectivity index (χ3n) is 18.2. The van der Waals surface area contributed by atoms with E-state index in [2.05, 4.69) is 55.4 Å². The predicted octanol–water partition coefficient (Wildman–Crippen LogP) is 22.4. The topological polar surface area (TPSA) is 237 Å². The van der Waals surface area contributed by atoms with Crippen LogP contribution in [-0.4, -0.2) is 96.7 Å². The van der Waals surface area contributed by atoms with Crippen LogP contribution in [-0.2, 0) is 65.4 Å². The molecule has 3 N–H and O–H groups in total. The summed E-state index contributed by atoms with van der Waals surface area (Å²) in [4.78, 5) is 72.8. The van der Waals surface area contributed by atoms with Crippen molar-refractivity contribution in [3.8, 4) is 0 Å². The summed E-state index contributed by atoms with van der Waals surface area (Å²) in [5.41, 5.74) is 0. The summed E-state index contributed by atoms with van der Waals surface area (Å²) in [5, 5.41) is 10.6. The molecule has 0 saturated heterocycles. The average molecular weight is 1410 g/mol. The Kier molecular flexibility index (Phi) is 65.0. The lowest BCUT2D eigenvalue weighted by atomic mass is 10.00. The number of aliphatic hydroxyl groups excluding tert-OH is 1. The minimum atomic E-state index is -4.96. The number of ether oxygens (including phenoxy) is 4. The number of hydrogen-bond acceptors (Lipinski definition) is 15. The van der Waals surface area contributed by atoms with Crippen molar-refractivity contribution in [2.45, 2.75) is 408 Å². The first-order valence-electron chi connectivity index (χ1n) is 39.7. The van der Waals surface area contributed by atoms with Gasteiger partial charge in [-0.1, -0.05) is 338 Å². The Morgan fingerprint density at radius 1 is 0.292 bits per heavy atom. The second-order valence-corrected chi connectivity index (χ2v) is 32.3. The van der Waals surface area contributed by atoms with Gasteiger partial charge in [-0.05, 0) is 49.4 Å². The summed E-state index contributed by atoms with van der Waals surface area (Å²) in [5.74, 6) is 0.918. The minimum absolute atomic E-state index is 0.104. The summed E-state index contributed by atoms with van der Waals surface area (Å²) in [7, 11) is -9.91. The van der Waals surface area contributed by atoms with E-state index in [0.717, 1.165) is 120 Å². The Morgan fingerprint density at radius 2 is 0.500 bits per heavy atom. The highest BCUT2D eigenvalue weighted by Gasteiger charge is 2.30. The molecule has 0 bridgehead atoms. The van der Waals surface area contributed by atoms with Gasteiger partial charge in [-0.25, -0.2) is 9.13 Å². The number of esters is 4.